The Morgan fingerprint density at radius 2 is 1.64 bits per heavy atom. The van der Waals surface area contributed by atoms with Gasteiger partial charge < -0.3 is 4.90 Å². The molecule has 2 heterocycles. The Hall–Kier alpha value is -2.81. The van der Waals surface area contributed by atoms with Gasteiger partial charge in [-0.2, -0.15) is 0 Å². The highest BCUT2D eigenvalue weighted by atomic mass is 32.2. The normalized spacial score (nSPS) is 14.1. The van der Waals surface area contributed by atoms with Gasteiger partial charge in [-0.1, -0.05) is 36.4 Å². The van der Waals surface area contributed by atoms with E-state index in [-0.39, 0.29) is 11.8 Å². The van der Waals surface area contributed by atoms with Crippen LogP contribution in [0, 0.1) is 0 Å². The number of hydrogen-bond acceptors (Lipinski definition) is 6. The summed E-state index contributed by atoms with van der Waals surface area (Å²) in [7, 11) is 0. The summed E-state index contributed by atoms with van der Waals surface area (Å²) in [5.74, 6) is 0.331. The highest BCUT2D eigenvalue weighted by Gasteiger charge is 2.18. The number of amides is 2. The van der Waals surface area contributed by atoms with Crippen molar-refractivity contribution in [2.45, 2.75) is 17.1 Å². The van der Waals surface area contributed by atoms with Crippen LogP contribution in [0.25, 0.3) is 0 Å². The molecule has 2 aromatic carbocycles. The van der Waals surface area contributed by atoms with Gasteiger partial charge in [0.15, 0.2) is 0 Å². The van der Waals surface area contributed by atoms with E-state index in [1.807, 2.05) is 35.7 Å². The molecular formula is C25H28N4O2S2. The summed E-state index contributed by atoms with van der Waals surface area (Å²) in [6.45, 7) is 4.41. The van der Waals surface area contributed by atoms with E-state index in [4.69, 9.17) is 0 Å². The summed E-state index contributed by atoms with van der Waals surface area (Å²) < 4.78 is 0. The smallest absolute Gasteiger partial charge is 0.270 e. The number of benzene rings is 2. The maximum atomic E-state index is 12.7. The lowest BCUT2D eigenvalue weighted by Gasteiger charge is -2.36. The number of anilines is 1. The lowest BCUT2D eigenvalue weighted by atomic mass is 10.2. The Balaban J connectivity index is 1.18. The standard InChI is InChI=1S/C25H28N4O2S2/c30-24(12-13-28-14-16-29(17-15-28)20-7-2-1-3-8-20)26-27-25(31)22-10-4-5-11-23(22)33-19-21-9-6-18-32-21/h1-11,18H,12-17,19H2,(H,26,30)(H,27,31). The molecule has 172 valence electrons. The van der Waals surface area contributed by atoms with Gasteiger partial charge >= 0.3 is 0 Å². The molecule has 1 aliphatic heterocycles. The van der Waals surface area contributed by atoms with E-state index in [0.29, 0.717) is 18.5 Å². The van der Waals surface area contributed by atoms with Gasteiger partial charge in [0.2, 0.25) is 5.91 Å². The van der Waals surface area contributed by atoms with Crippen LogP contribution in [0.5, 0.6) is 0 Å². The highest BCUT2D eigenvalue weighted by molar-refractivity contribution is 7.98. The van der Waals surface area contributed by atoms with Crippen molar-refractivity contribution in [3.8, 4) is 0 Å². The third kappa shape index (κ3) is 6.83. The molecule has 33 heavy (non-hydrogen) atoms. The number of para-hydroxylation sites is 1. The molecule has 4 rings (SSSR count). The average Bonchev–Trinajstić information content (AvgIpc) is 3.39. The van der Waals surface area contributed by atoms with Crippen molar-refractivity contribution in [2.75, 3.05) is 37.6 Å². The molecule has 1 aliphatic rings. The van der Waals surface area contributed by atoms with Crippen molar-refractivity contribution in [3.63, 3.8) is 0 Å². The van der Waals surface area contributed by atoms with E-state index in [0.717, 1.165) is 36.8 Å². The van der Waals surface area contributed by atoms with Crippen LogP contribution >= 0.6 is 23.1 Å². The summed E-state index contributed by atoms with van der Waals surface area (Å²) in [5.41, 5.74) is 6.95. The number of rotatable bonds is 8. The molecule has 3 aromatic rings. The number of hydrogen-bond donors (Lipinski definition) is 2. The Kier molecular flexibility index (Phi) is 8.41. The van der Waals surface area contributed by atoms with Gasteiger partial charge in [0.05, 0.1) is 5.56 Å². The Labute approximate surface area is 203 Å². The maximum Gasteiger partial charge on any atom is 0.270 e. The summed E-state index contributed by atoms with van der Waals surface area (Å²) in [4.78, 5) is 31.8. The highest BCUT2D eigenvalue weighted by Crippen LogP contribution is 2.27. The molecule has 0 spiro atoms. The van der Waals surface area contributed by atoms with Crippen molar-refractivity contribution in [1.29, 1.82) is 0 Å². The minimum Gasteiger partial charge on any atom is -0.369 e. The first-order valence-electron chi connectivity index (χ1n) is 11.0. The van der Waals surface area contributed by atoms with E-state index in [9.17, 15) is 9.59 Å². The minimum absolute atomic E-state index is 0.183. The van der Waals surface area contributed by atoms with Crippen LogP contribution in [0.1, 0.15) is 21.7 Å². The lowest BCUT2D eigenvalue weighted by Crippen LogP contribution is -2.48. The molecule has 0 atom stereocenters. The van der Waals surface area contributed by atoms with E-state index in [1.54, 1.807) is 29.2 Å². The predicted molar refractivity (Wildman–Crippen MR) is 136 cm³/mol. The number of nitrogens with one attached hydrogen (secondary N) is 2. The van der Waals surface area contributed by atoms with E-state index < -0.39 is 0 Å². The second-order valence-corrected chi connectivity index (χ2v) is 9.83. The van der Waals surface area contributed by atoms with Crippen molar-refractivity contribution in [1.82, 2.24) is 15.8 Å². The summed E-state index contributed by atoms with van der Waals surface area (Å²) in [6.07, 6.45) is 0.348. The molecule has 0 unspecified atom stereocenters. The number of carbonyl (C=O) groups is 2. The van der Waals surface area contributed by atoms with Crippen LogP contribution < -0.4 is 15.8 Å². The molecule has 1 saturated heterocycles. The monoisotopic (exact) mass is 480 g/mol. The zero-order chi connectivity index (χ0) is 22.9. The summed E-state index contributed by atoms with van der Waals surface area (Å²) >= 11 is 3.32. The van der Waals surface area contributed by atoms with E-state index >= 15 is 0 Å². The lowest BCUT2D eigenvalue weighted by molar-refractivity contribution is -0.122. The van der Waals surface area contributed by atoms with Crippen LogP contribution in [0.3, 0.4) is 0 Å². The third-order valence-electron chi connectivity index (χ3n) is 5.55. The maximum absolute atomic E-state index is 12.7. The first-order chi connectivity index (χ1) is 16.2. The van der Waals surface area contributed by atoms with Crippen LogP contribution in [0.15, 0.2) is 77.0 Å². The van der Waals surface area contributed by atoms with Gasteiger partial charge in [-0.25, -0.2) is 0 Å². The van der Waals surface area contributed by atoms with Gasteiger partial charge in [-0.15, -0.1) is 23.1 Å². The first kappa shape index (κ1) is 23.4. The molecule has 0 saturated carbocycles. The van der Waals surface area contributed by atoms with Crippen LogP contribution in [-0.4, -0.2) is 49.4 Å². The summed E-state index contributed by atoms with van der Waals surface area (Å²) in [5, 5.41) is 2.05. The fraction of sp³-hybridized carbons (Fsp3) is 0.280. The van der Waals surface area contributed by atoms with E-state index in [1.165, 1.54) is 10.6 Å². The van der Waals surface area contributed by atoms with Crippen molar-refractivity contribution < 1.29 is 9.59 Å². The molecule has 0 aliphatic carbocycles. The quantitative estimate of drug-likeness (QED) is 0.377. The SMILES string of the molecule is O=C(CCN1CCN(c2ccccc2)CC1)NNC(=O)c1ccccc1SCc1cccs1. The summed E-state index contributed by atoms with van der Waals surface area (Å²) in [6, 6.07) is 22.0. The zero-order valence-electron chi connectivity index (χ0n) is 18.4. The van der Waals surface area contributed by atoms with Crippen molar-refractivity contribution in [3.05, 3.63) is 82.6 Å². The Morgan fingerprint density at radius 1 is 0.879 bits per heavy atom. The zero-order valence-corrected chi connectivity index (χ0v) is 20.0. The second kappa shape index (κ2) is 11.9. The van der Waals surface area contributed by atoms with Gasteiger partial charge in [-0.3, -0.25) is 25.3 Å². The molecule has 1 fully saturated rings. The molecule has 6 nitrogen and oxygen atoms in total. The number of nitrogens with zero attached hydrogens (tertiary/aromatic N) is 2. The number of piperazine rings is 1. The second-order valence-electron chi connectivity index (χ2n) is 7.78. The molecule has 1 aromatic heterocycles. The molecular weight excluding hydrogens is 452 g/mol. The minimum atomic E-state index is -0.297. The number of thiophene rings is 1. The van der Waals surface area contributed by atoms with Gasteiger partial charge in [-0.05, 0) is 35.7 Å². The fourth-order valence-electron chi connectivity index (χ4n) is 3.71. The van der Waals surface area contributed by atoms with Gasteiger partial charge in [0.1, 0.15) is 0 Å². The number of thioether (sulfide) groups is 1. The molecule has 8 heteroatoms. The Morgan fingerprint density at radius 3 is 2.39 bits per heavy atom. The third-order valence-corrected chi connectivity index (χ3v) is 7.73. The van der Waals surface area contributed by atoms with Crippen LogP contribution in [0.2, 0.25) is 0 Å². The molecule has 0 bridgehead atoms. The van der Waals surface area contributed by atoms with Crippen LogP contribution in [0.4, 0.5) is 5.69 Å². The molecule has 2 N–H and O–H groups in total. The predicted octanol–water partition coefficient (Wildman–Crippen LogP) is 4.01. The topological polar surface area (TPSA) is 64.7 Å². The van der Waals surface area contributed by atoms with Crippen LogP contribution in [-0.2, 0) is 10.5 Å². The van der Waals surface area contributed by atoms with E-state index in [2.05, 4.69) is 51.0 Å². The largest absolute Gasteiger partial charge is 0.369 e. The average molecular weight is 481 g/mol. The van der Waals surface area contributed by atoms with Gasteiger partial charge in [0, 0.05) is 60.4 Å². The Bertz CT molecular complexity index is 1040. The number of hydrazine groups is 1. The van der Waals surface area contributed by atoms with Gasteiger partial charge in [0.25, 0.3) is 5.91 Å². The first-order valence-corrected chi connectivity index (χ1v) is 12.9. The fourth-order valence-corrected chi connectivity index (χ4v) is 5.53. The van der Waals surface area contributed by atoms with Crippen molar-refractivity contribution >= 4 is 40.6 Å². The molecule has 0 radical (unpaired) electrons. The van der Waals surface area contributed by atoms with Crippen molar-refractivity contribution in [2.24, 2.45) is 0 Å². The molecule has 2 amide bonds. The number of carbonyl (C=O) groups excluding carboxylic acids is 2.